The molecule has 0 saturated carbocycles. The van der Waals surface area contributed by atoms with Crippen LogP contribution in [0.4, 0.5) is 0 Å². The average Bonchev–Trinajstić information content (AvgIpc) is 2.67. The Bertz CT molecular complexity index is 755. The van der Waals surface area contributed by atoms with Crippen molar-refractivity contribution in [1.29, 1.82) is 0 Å². The number of carbonyl (C=O) groups is 1. The summed E-state index contributed by atoms with van der Waals surface area (Å²) in [5.74, 6) is 0.869. The number of rotatable bonds is 5. The molecule has 2 aromatic carbocycles. The molecule has 0 bridgehead atoms. The van der Waals surface area contributed by atoms with Gasteiger partial charge in [0.25, 0.3) is 5.91 Å². The molecule has 3 rings (SSSR count). The van der Waals surface area contributed by atoms with E-state index in [0.29, 0.717) is 0 Å². The third-order valence-electron chi connectivity index (χ3n) is 5.14. The Balaban J connectivity index is 1.91. The molecule has 0 radical (unpaired) electrons. The fourth-order valence-corrected chi connectivity index (χ4v) is 4.09. The van der Waals surface area contributed by atoms with E-state index in [1.807, 2.05) is 48.7 Å². The molecule has 1 unspecified atom stereocenters. The van der Waals surface area contributed by atoms with Crippen LogP contribution >= 0.6 is 11.8 Å². The zero-order valence-corrected chi connectivity index (χ0v) is 15.9. The number of amides is 1. The fraction of sp³-hybridized carbons (Fsp3) is 0.381. The van der Waals surface area contributed by atoms with Gasteiger partial charge >= 0.3 is 0 Å². The van der Waals surface area contributed by atoms with E-state index in [2.05, 4.69) is 25.2 Å². The molecular weight excluding hydrogens is 330 g/mol. The van der Waals surface area contributed by atoms with E-state index in [4.69, 9.17) is 4.74 Å². The number of hydrogen-bond acceptors (Lipinski definition) is 3. The molecule has 4 heteroatoms. The van der Waals surface area contributed by atoms with Gasteiger partial charge in [-0.05, 0) is 37.3 Å². The number of ether oxygens (including phenoxy) is 1. The summed E-state index contributed by atoms with van der Waals surface area (Å²) in [5.41, 5.74) is 1.58. The van der Waals surface area contributed by atoms with Crippen LogP contribution in [0.15, 0.2) is 53.4 Å². The molecule has 0 fully saturated rings. The third kappa shape index (κ3) is 3.54. The van der Waals surface area contributed by atoms with Crippen LogP contribution < -0.4 is 10.1 Å². The van der Waals surface area contributed by atoms with E-state index in [9.17, 15) is 4.79 Å². The highest BCUT2D eigenvalue weighted by molar-refractivity contribution is 7.98. The molecule has 0 spiro atoms. The number of fused-ring (bicyclic) bond motifs is 1. The van der Waals surface area contributed by atoms with Gasteiger partial charge in [0.05, 0.1) is 11.6 Å². The van der Waals surface area contributed by atoms with Crippen LogP contribution in [0.5, 0.6) is 5.75 Å². The molecule has 0 saturated heterocycles. The molecule has 1 aliphatic heterocycles. The molecule has 2 aromatic rings. The van der Waals surface area contributed by atoms with Crippen LogP contribution in [0.2, 0.25) is 0 Å². The topological polar surface area (TPSA) is 38.3 Å². The molecule has 1 heterocycles. The van der Waals surface area contributed by atoms with Gasteiger partial charge in [-0.3, -0.25) is 4.79 Å². The van der Waals surface area contributed by atoms with Crippen molar-refractivity contribution in [3.05, 3.63) is 59.7 Å². The highest BCUT2D eigenvalue weighted by atomic mass is 32.2. The van der Waals surface area contributed by atoms with E-state index in [-0.39, 0.29) is 17.6 Å². The van der Waals surface area contributed by atoms with Crippen molar-refractivity contribution in [3.8, 4) is 5.75 Å². The molecule has 1 amide bonds. The lowest BCUT2D eigenvalue weighted by molar-refractivity contribution is 0.0227. The smallest absolute Gasteiger partial charge is 0.252 e. The average molecular weight is 356 g/mol. The standard InChI is InChI=1S/C21H25NO2S/c1-4-21(5-2)14-17(15-10-6-8-12-18(15)24-21)22-20(23)16-11-7-9-13-19(16)25-3/h6-13,17H,4-5,14H2,1-3H3,(H,22,23). The van der Waals surface area contributed by atoms with E-state index >= 15 is 0 Å². The predicted molar refractivity (Wildman–Crippen MR) is 103 cm³/mol. The maximum atomic E-state index is 12.9. The molecule has 1 aliphatic rings. The Kier molecular flexibility index (Phi) is 5.38. The normalized spacial score (nSPS) is 18.1. The first-order valence-corrected chi connectivity index (χ1v) is 10.1. The summed E-state index contributed by atoms with van der Waals surface area (Å²) >= 11 is 1.59. The SMILES string of the molecule is CCC1(CC)CC(NC(=O)c2ccccc2SC)c2ccccc2O1. The van der Waals surface area contributed by atoms with Gasteiger partial charge in [-0.25, -0.2) is 0 Å². The van der Waals surface area contributed by atoms with E-state index in [0.717, 1.165) is 41.0 Å². The minimum atomic E-state index is -0.217. The summed E-state index contributed by atoms with van der Waals surface area (Å²) < 4.78 is 6.32. The first-order valence-electron chi connectivity index (χ1n) is 8.84. The minimum absolute atomic E-state index is 0.0206. The quantitative estimate of drug-likeness (QED) is 0.747. The number of para-hydroxylation sites is 1. The molecule has 132 valence electrons. The molecule has 1 atom stereocenters. The van der Waals surface area contributed by atoms with Gasteiger partial charge < -0.3 is 10.1 Å². The zero-order valence-electron chi connectivity index (χ0n) is 15.0. The van der Waals surface area contributed by atoms with Crippen LogP contribution in [0.25, 0.3) is 0 Å². The highest BCUT2D eigenvalue weighted by Gasteiger charge is 2.39. The summed E-state index contributed by atoms with van der Waals surface area (Å²) in [5, 5.41) is 3.26. The van der Waals surface area contributed by atoms with Crippen LogP contribution in [0.1, 0.15) is 55.1 Å². The van der Waals surface area contributed by atoms with Gasteiger partial charge in [0.2, 0.25) is 0 Å². The lowest BCUT2D eigenvalue weighted by Gasteiger charge is -2.41. The number of nitrogens with one attached hydrogen (secondary N) is 1. The number of hydrogen-bond donors (Lipinski definition) is 1. The molecule has 3 nitrogen and oxygen atoms in total. The van der Waals surface area contributed by atoms with Crippen molar-refractivity contribution in [2.24, 2.45) is 0 Å². The summed E-state index contributed by atoms with van der Waals surface area (Å²) in [7, 11) is 0. The Morgan fingerprint density at radius 3 is 2.56 bits per heavy atom. The van der Waals surface area contributed by atoms with Gasteiger partial charge in [0.15, 0.2) is 0 Å². The maximum absolute atomic E-state index is 12.9. The van der Waals surface area contributed by atoms with Gasteiger partial charge in [0, 0.05) is 16.9 Å². The number of thioether (sulfide) groups is 1. The molecule has 25 heavy (non-hydrogen) atoms. The summed E-state index contributed by atoms with van der Waals surface area (Å²) in [4.78, 5) is 13.9. The second kappa shape index (κ2) is 7.52. The lowest BCUT2D eigenvalue weighted by atomic mass is 9.83. The largest absolute Gasteiger partial charge is 0.487 e. The van der Waals surface area contributed by atoms with Gasteiger partial charge in [-0.15, -0.1) is 11.8 Å². The fourth-order valence-electron chi connectivity index (χ4n) is 3.50. The molecule has 0 aromatic heterocycles. The van der Waals surface area contributed by atoms with E-state index in [1.165, 1.54) is 0 Å². The van der Waals surface area contributed by atoms with Gasteiger partial charge in [0.1, 0.15) is 11.4 Å². The summed E-state index contributed by atoms with van der Waals surface area (Å²) in [6.07, 6.45) is 4.64. The second-order valence-electron chi connectivity index (χ2n) is 6.46. The maximum Gasteiger partial charge on any atom is 0.252 e. The van der Waals surface area contributed by atoms with Crippen molar-refractivity contribution >= 4 is 17.7 Å². The minimum Gasteiger partial charge on any atom is -0.487 e. The van der Waals surface area contributed by atoms with E-state index < -0.39 is 0 Å². The van der Waals surface area contributed by atoms with E-state index in [1.54, 1.807) is 11.8 Å². The van der Waals surface area contributed by atoms with Crippen LogP contribution in [-0.4, -0.2) is 17.8 Å². The second-order valence-corrected chi connectivity index (χ2v) is 7.31. The zero-order chi connectivity index (χ0) is 17.9. The molecule has 1 N–H and O–H groups in total. The van der Waals surface area contributed by atoms with Crippen molar-refractivity contribution in [3.63, 3.8) is 0 Å². The van der Waals surface area contributed by atoms with Crippen molar-refractivity contribution in [1.82, 2.24) is 5.32 Å². The Hall–Kier alpha value is -1.94. The first kappa shape index (κ1) is 17.9. The van der Waals surface area contributed by atoms with Gasteiger partial charge in [-0.1, -0.05) is 44.2 Å². The Morgan fingerprint density at radius 2 is 1.84 bits per heavy atom. The van der Waals surface area contributed by atoms with Crippen LogP contribution in [0, 0.1) is 0 Å². The highest BCUT2D eigenvalue weighted by Crippen LogP contribution is 2.42. The number of benzene rings is 2. The summed E-state index contributed by atoms with van der Waals surface area (Å²) in [6, 6.07) is 15.8. The number of carbonyl (C=O) groups excluding carboxylic acids is 1. The molecule has 0 aliphatic carbocycles. The van der Waals surface area contributed by atoms with Crippen molar-refractivity contribution < 1.29 is 9.53 Å². The lowest BCUT2D eigenvalue weighted by Crippen LogP contribution is -2.44. The monoisotopic (exact) mass is 355 g/mol. The van der Waals surface area contributed by atoms with Crippen molar-refractivity contribution in [2.75, 3.05) is 6.26 Å². The van der Waals surface area contributed by atoms with Gasteiger partial charge in [-0.2, -0.15) is 0 Å². The van der Waals surface area contributed by atoms with Crippen LogP contribution in [-0.2, 0) is 0 Å². The Labute approximate surface area is 154 Å². The van der Waals surface area contributed by atoms with Crippen molar-refractivity contribution in [2.45, 2.75) is 49.6 Å². The predicted octanol–water partition coefficient (Wildman–Crippen LogP) is 5.22. The molecular formula is C21H25NO2S. The Morgan fingerprint density at radius 1 is 1.16 bits per heavy atom. The summed E-state index contributed by atoms with van der Waals surface area (Å²) in [6.45, 7) is 4.30. The van der Waals surface area contributed by atoms with Crippen LogP contribution in [0.3, 0.4) is 0 Å². The third-order valence-corrected chi connectivity index (χ3v) is 5.94. The first-order chi connectivity index (χ1) is 12.1.